The van der Waals surface area contributed by atoms with E-state index in [-0.39, 0.29) is 34.7 Å². The van der Waals surface area contributed by atoms with Crippen LogP contribution in [0.4, 0.5) is 49.6 Å². The third-order valence-corrected chi connectivity index (χ3v) is 12.1. The standard InChI is InChI=1S/C24H19BrF3N7O2.C17H16F3N7O.C7H4BrClO/c25-17-3-1-2-15(12-17)23(36)30-20-5-7-22(32-31-20)35-19(24(26,27)28)13-18(33-35)16-4-6-21(29-14-16)34-8-10-37-11-9-34;18-17(19,20)13-9-12(25-27(13)16-4-2-14(21)23-24-16)11-1-3-15(22-10-11)26-5-7-28-8-6-26;8-6-3-1-2-5(4-6)7(9)10/h1-7,12-14H,8-11H2,(H,30,31,36);1-4,9-10H,5-8H2,(H2,21,23);1-4H. The zero-order valence-corrected chi connectivity index (χ0v) is 42.6. The first-order chi connectivity index (χ1) is 35.9. The molecule has 3 N–H and O–H groups in total. The van der Waals surface area contributed by atoms with Crippen molar-refractivity contribution in [3.05, 3.63) is 153 Å². The molecule has 0 aliphatic carbocycles. The molecule has 0 radical (unpaired) electrons. The Kier molecular flexibility index (Phi) is 17.1. The summed E-state index contributed by atoms with van der Waals surface area (Å²) in [5.74, 6) is 0.974. The second kappa shape index (κ2) is 23.9. The normalized spacial score (nSPS) is 13.8. The molecule has 2 aliphatic rings. The molecule has 1 amide bonds. The Morgan fingerprint density at radius 1 is 0.573 bits per heavy atom. The molecule has 75 heavy (non-hydrogen) atoms. The van der Waals surface area contributed by atoms with Crippen LogP contribution in [0.5, 0.6) is 0 Å². The number of aromatic nitrogens is 10. The fourth-order valence-corrected chi connectivity index (χ4v) is 8.13. The SMILES string of the molecule is Nc1ccc(-n2nc(-c3ccc(N4CCOCC4)nc3)cc2C(F)(F)F)nn1.O=C(Cl)c1cccc(Br)c1.O=C(Nc1ccc(-n2nc(-c3ccc(N4CCOCC4)nc3)cc2C(F)(F)F)nn1)c1cccc(Br)c1. The van der Waals surface area contributed by atoms with Crippen molar-refractivity contribution in [1.29, 1.82) is 0 Å². The fraction of sp³-hybridized carbons (Fsp3) is 0.208. The van der Waals surface area contributed by atoms with Crippen LogP contribution in [0, 0.1) is 0 Å². The molecule has 0 saturated carbocycles. The van der Waals surface area contributed by atoms with Crippen LogP contribution < -0.4 is 20.9 Å². The summed E-state index contributed by atoms with van der Waals surface area (Å²) in [7, 11) is 0. The predicted octanol–water partition coefficient (Wildman–Crippen LogP) is 9.58. The van der Waals surface area contributed by atoms with E-state index in [1.54, 1.807) is 66.7 Å². The number of halogens is 9. The van der Waals surface area contributed by atoms with Gasteiger partial charge in [0.2, 0.25) is 0 Å². The van der Waals surface area contributed by atoms with E-state index in [4.69, 9.17) is 26.8 Å². The fourth-order valence-electron chi connectivity index (χ4n) is 7.21. The van der Waals surface area contributed by atoms with Gasteiger partial charge in [0.15, 0.2) is 28.8 Å². The first kappa shape index (κ1) is 53.9. The molecule has 6 aromatic heterocycles. The molecule has 388 valence electrons. The van der Waals surface area contributed by atoms with Gasteiger partial charge in [0.25, 0.3) is 11.1 Å². The summed E-state index contributed by atoms with van der Waals surface area (Å²) in [5.41, 5.74) is 5.47. The minimum absolute atomic E-state index is 0.0781. The number of carbonyl (C=O) groups is 2. The van der Waals surface area contributed by atoms with Crippen LogP contribution >= 0.6 is 43.5 Å². The van der Waals surface area contributed by atoms with Gasteiger partial charge in [0, 0.05) is 69.8 Å². The molecule has 2 aromatic carbocycles. The summed E-state index contributed by atoms with van der Waals surface area (Å²) >= 11 is 11.7. The highest BCUT2D eigenvalue weighted by atomic mass is 79.9. The van der Waals surface area contributed by atoms with E-state index in [1.807, 2.05) is 11.0 Å². The van der Waals surface area contributed by atoms with Crippen LogP contribution in [-0.4, -0.2) is 114 Å². The molecule has 2 fully saturated rings. The lowest BCUT2D eigenvalue weighted by Gasteiger charge is -2.27. The number of benzene rings is 2. The average Bonchev–Trinajstić information content (AvgIpc) is 4.08. The van der Waals surface area contributed by atoms with Crippen molar-refractivity contribution in [2.45, 2.75) is 12.4 Å². The van der Waals surface area contributed by atoms with E-state index in [0.717, 1.165) is 40.0 Å². The summed E-state index contributed by atoms with van der Waals surface area (Å²) in [5, 5.41) is 25.4. The van der Waals surface area contributed by atoms with Crippen LogP contribution in [0.15, 0.2) is 131 Å². The van der Waals surface area contributed by atoms with Crippen LogP contribution in [0.25, 0.3) is 34.2 Å². The van der Waals surface area contributed by atoms with Gasteiger partial charge in [0.05, 0.1) is 37.8 Å². The van der Waals surface area contributed by atoms with Crippen molar-refractivity contribution in [2.75, 3.05) is 73.5 Å². The van der Waals surface area contributed by atoms with Crippen molar-refractivity contribution >= 4 is 77.9 Å². The number of alkyl halides is 6. The molecule has 8 aromatic rings. The Morgan fingerprint density at radius 2 is 1.03 bits per heavy atom. The summed E-state index contributed by atoms with van der Waals surface area (Å²) in [6.07, 6.45) is -6.31. The maximum absolute atomic E-state index is 13.8. The largest absolute Gasteiger partial charge is 0.433 e. The van der Waals surface area contributed by atoms with Gasteiger partial charge in [-0.05, 0) is 103 Å². The number of hydrogen-bond donors (Lipinski definition) is 2. The van der Waals surface area contributed by atoms with Gasteiger partial charge in [-0.2, -0.15) is 36.5 Å². The molecule has 0 spiro atoms. The molecule has 2 saturated heterocycles. The second-order valence-electron chi connectivity index (χ2n) is 16.0. The van der Waals surface area contributed by atoms with E-state index >= 15 is 0 Å². The number of hydrogen-bond acceptors (Lipinski definition) is 15. The summed E-state index contributed by atoms with van der Waals surface area (Å²) in [6.45, 7) is 5.24. The van der Waals surface area contributed by atoms with Gasteiger partial charge in [0.1, 0.15) is 17.5 Å². The van der Waals surface area contributed by atoms with E-state index in [1.165, 1.54) is 36.7 Å². The number of nitrogens with two attached hydrogens (primary N) is 1. The van der Waals surface area contributed by atoms with E-state index in [2.05, 4.69) is 82.6 Å². The van der Waals surface area contributed by atoms with Gasteiger partial charge < -0.3 is 30.3 Å². The van der Waals surface area contributed by atoms with Crippen molar-refractivity contribution < 1.29 is 45.4 Å². The summed E-state index contributed by atoms with van der Waals surface area (Å²) in [6, 6.07) is 27.8. The Balaban J connectivity index is 0.000000172. The first-order valence-electron chi connectivity index (χ1n) is 22.3. The van der Waals surface area contributed by atoms with Gasteiger partial charge in [-0.3, -0.25) is 9.59 Å². The molecule has 27 heteroatoms. The number of rotatable bonds is 9. The molecule has 2 aliphatic heterocycles. The van der Waals surface area contributed by atoms with E-state index < -0.39 is 34.9 Å². The molecular formula is C48H39Br2ClF6N14O4. The Hall–Kier alpha value is -7.39. The highest BCUT2D eigenvalue weighted by Crippen LogP contribution is 2.36. The molecule has 0 bridgehead atoms. The molecule has 8 heterocycles. The topological polar surface area (TPSA) is 210 Å². The van der Waals surface area contributed by atoms with Crippen molar-refractivity contribution in [2.24, 2.45) is 0 Å². The third-order valence-electron chi connectivity index (χ3n) is 10.9. The lowest BCUT2D eigenvalue weighted by Crippen LogP contribution is -2.36. The summed E-state index contributed by atoms with van der Waals surface area (Å²) < 4.78 is 95.6. The Bertz CT molecular complexity index is 3230. The van der Waals surface area contributed by atoms with E-state index in [0.29, 0.717) is 77.0 Å². The van der Waals surface area contributed by atoms with Gasteiger partial charge in [-0.25, -0.2) is 19.3 Å². The predicted molar refractivity (Wildman–Crippen MR) is 272 cm³/mol. The zero-order chi connectivity index (χ0) is 53.3. The number of ether oxygens (including phenoxy) is 2. The molecule has 0 unspecified atom stereocenters. The number of nitrogens with zero attached hydrogens (tertiary/aromatic N) is 12. The number of anilines is 4. The number of nitrogens with one attached hydrogen (secondary N) is 1. The van der Waals surface area contributed by atoms with E-state index in [9.17, 15) is 35.9 Å². The Labute approximate surface area is 444 Å². The number of pyridine rings is 2. The molecular weight excluding hydrogens is 1150 g/mol. The molecule has 18 nitrogen and oxygen atoms in total. The maximum Gasteiger partial charge on any atom is 0.433 e. The van der Waals surface area contributed by atoms with Gasteiger partial charge >= 0.3 is 12.4 Å². The lowest BCUT2D eigenvalue weighted by molar-refractivity contribution is -0.143. The van der Waals surface area contributed by atoms with Crippen molar-refractivity contribution in [3.8, 4) is 34.2 Å². The minimum atomic E-state index is -4.69. The Morgan fingerprint density at radius 3 is 1.41 bits per heavy atom. The highest BCUT2D eigenvalue weighted by molar-refractivity contribution is 9.10. The van der Waals surface area contributed by atoms with Crippen LogP contribution in [0.2, 0.25) is 0 Å². The number of nitrogen functional groups attached to an aromatic ring is 1. The summed E-state index contributed by atoms with van der Waals surface area (Å²) in [4.78, 5) is 35.8. The number of amides is 1. The lowest BCUT2D eigenvalue weighted by atomic mass is 10.2. The number of morpholine rings is 2. The highest BCUT2D eigenvalue weighted by Gasteiger charge is 2.38. The minimum Gasteiger partial charge on any atom is -0.382 e. The second-order valence-corrected chi connectivity index (χ2v) is 18.2. The molecule has 0 atom stereocenters. The maximum atomic E-state index is 13.8. The van der Waals surface area contributed by atoms with Crippen molar-refractivity contribution in [3.63, 3.8) is 0 Å². The third kappa shape index (κ3) is 14.1. The zero-order valence-electron chi connectivity index (χ0n) is 38.7. The monoisotopic (exact) mass is 1180 g/mol. The smallest absolute Gasteiger partial charge is 0.382 e. The van der Waals surface area contributed by atoms with Crippen LogP contribution in [-0.2, 0) is 21.8 Å². The van der Waals surface area contributed by atoms with Gasteiger partial charge in [-0.15, -0.1) is 20.4 Å². The van der Waals surface area contributed by atoms with Crippen LogP contribution in [0.3, 0.4) is 0 Å². The quantitative estimate of drug-likeness (QED) is 0.102. The first-order valence-corrected chi connectivity index (χ1v) is 24.2. The van der Waals surface area contributed by atoms with Crippen molar-refractivity contribution in [1.82, 2.24) is 49.9 Å². The number of carbonyl (C=O) groups excluding carboxylic acids is 2. The molecule has 10 rings (SSSR count). The van der Waals surface area contributed by atoms with Gasteiger partial charge in [-0.1, -0.05) is 50.1 Å². The van der Waals surface area contributed by atoms with Crippen LogP contribution in [0.1, 0.15) is 32.1 Å². The average molecular weight is 1190 g/mol.